The summed E-state index contributed by atoms with van der Waals surface area (Å²) in [6, 6.07) is 17.4. The van der Waals surface area contributed by atoms with Gasteiger partial charge in [-0.25, -0.2) is 0 Å². The van der Waals surface area contributed by atoms with Gasteiger partial charge in [0.1, 0.15) is 0 Å². The molecule has 3 aromatic carbocycles. The van der Waals surface area contributed by atoms with Gasteiger partial charge in [0.2, 0.25) is 0 Å². The van der Waals surface area contributed by atoms with Crippen LogP contribution in [-0.4, -0.2) is 24.4 Å². The fourth-order valence-corrected chi connectivity index (χ4v) is 2.68. The van der Waals surface area contributed by atoms with Crippen molar-refractivity contribution in [3.05, 3.63) is 59.7 Å². The van der Waals surface area contributed by atoms with E-state index in [1.165, 1.54) is 32.7 Å². The molecule has 1 aliphatic carbocycles. The summed E-state index contributed by atoms with van der Waals surface area (Å²) in [5.41, 5.74) is 2.72. The maximum absolute atomic E-state index is 7.00. The minimum Gasteiger partial charge on any atom is -0.400 e. The molecule has 0 aliphatic heterocycles. The molecule has 0 saturated carbocycles. The molecular formula is C18H18O2. The lowest BCUT2D eigenvalue weighted by atomic mass is 9.98. The molecule has 0 amide bonds. The van der Waals surface area contributed by atoms with E-state index in [4.69, 9.17) is 10.2 Å². The molecule has 4 rings (SSSR count). The Labute approximate surface area is 118 Å². The molecule has 0 aromatic heterocycles. The smallest absolute Gasteiger partial charge is 0.0319 e. The number of hydrogen-bond acceptors (Lipinski definition) is 2. The Bertz CT molecular complexity index is 758. The molecule has 0 saturated heterocycles. The van der Waals surface area contributed by atoms with Crippen LogP contribution >= 0.6 is 0 Å². The normalized spacial score (nSPS) is 10.8. The summed E-state index contributed by atoms with van der Waals surface area (Å²) < 4.78 is 0. The van der Waals surface area contributed by atoms with Crippen molar-refractivity contribution in [1.29, 1.82) is 0 Å². The summed E-state index contributed by atoms with van der Waals surface area (Å²) in [7, 11) is 2.00. The number of fused-ring (bicyclic) bond motifs is 2. The molecule has 2 N–H and O–H groups in total. The average molecular weight is 266 g/mol. The summed E-state index contributed by atoms with van der Waals surface area (Å²) in [4.78, 5) is 0. The van der Waals surface area contributed by atoms with Crippen LogP contribution in [0.4, 0.5) is 0 Å². The lowest BCUT2D eigenvalue weighted by molar-refractivity contribution is 0.399. The first-order valence-corrected chi connectivity index (χ1v) is 6.45. The zero-order chi connectivity index (χ0) is 14.5. The van der Waals surface area contributed by atoms with E-state index in [1.54, 1.807) is 0 Å². The molecule has 0 bridgehead atoms. The van der Waals surface area contributed by atoms with E-state index in [9.17, 15) is 0 Å². The second kappa shape index (κ2) is 6.33. The molecular weight excluding hydrogens is 248 g/mol. The molecule has 3 aromatic rings. The van der Waals surface area contributed by atoms with Crippen molar-refractivity contribution in [3.63, 3.8) is 0 Å². The summed E-state index contributed by atoms with van der Waals surface area (Å²) in [5.74, 6) is 0. The Morgan fingerprint density at radius 1 is 0.700 bits per heavy atom. The molecule has 0 radical (unpaired) electrons. The predicted molar refractivity (Wildman–Crippen MR) is 86.7 cm³/mol. The van der Waals surface area contributed by atoms with E-state index in [0.717, 1.165) is 14.2 Å². The van der Waals surface area contributed by atoms with Crippen LogP contribution in [0.3, 0.4) is 0 Å². The molecule has 0 atom stereocenters. The second-order valence-electron chi connectivity index (χ2n) is 4.29. The zero-order valence-electron chi connectivity index (χ0n) is 11.7. The van der Waals surface area contributed by atoms with Crippen LogP contribution < -0.4 is 0 Å². The van der Waals surface area contributed by atoms with Gasteiger partial charge in [0.15, 0.2) is 0 Å². The highest BCUT2D eigenvalue weighted by Crippen LogP contribution is 2.36. The minimum atomic E-state index is 1.00. The van der Waals surface area contributed by atoms with Crippen molar-refractivity contribution in [2.75, 3.05) is 14.2 Å². The monoisotopic (exact) mass is 266 g/mol. The number of rotatable bonds is 0. The summed E-state index contributed by atoms with van der Waals surface area (Å²) >= 11 is 0. The fraction of sp³-hybridized carbons (Fsp3) is 0.111. The number of benzene rings is 3. The summed E-state index contributed by atoms with van der Waals surface area (Å²) in [5, 5.41) is 19.4. The van der Waals surface area contributed by atoms with Crippen LogP contribution in [0.5, 0.6) is 0 Å². The first-order valence-electron chi connectivity index (χ1n) is 6.45. The number of aliphatic hydroxyl groups is 2. The van der Waals surface area contributed by atoms with Crippen LogP contribution in [0, 0.1) is 0 Å². The molecule has 20 heavy (non-hydrogen) atoms. The largest absolute Gasteiger partial charge is 0.400 e. The van der Waals surface area contributed by atoms with Gasteiger partial charge in [0, 0.05) is 14.2 Å². The van der Waals surface area contributed by atoms with Gasteiger partial charge in [0.25, 0.3) is 0 Å². The van der Waals surface area contributed by atoms with Gasteiger partial charge >= 0.3 is 0 Å². The molecule has 0 unspecified atom stereocenters. The Morgan fingerprint density at radius 2 is 1.40 bits per heavy atom. The van der Waals surface area contributed by atoms with E-state index in [0.29, 0.717) is 0 Å². The van der Waals surface area contributed by atoms with Crippen molar-refractivity contribution in [1.82, 2.24) is 0 Å². The van der Waals surface area contributed by atoms with Crippen molar-refractivity contribution in [2.24, 2.45) is 0 Å². The molecule has 0 heterocycles. The zero-order valence-corrected chi connectivity index (χ0v) is 11.7. The molecule has 102 valence electrons. The topological polar surface area (TPSA) is 40.5 Å². The Morgan fingerprint density at radius 3 is 2.20 bits per heavy atom. The maximum atomic E-state index is 7.00. The first kappa shape index (κ1) is 14.3. The number of aliphatic hydroxyl groups excluding tert-OH is 2. The highest BCUT2D eigenvalue weighted by molar-refractivity contribution is 6.14. The molecule has 2 heteroatoms. The maximum Gasteiger partial charge on any atom is 0.0319 e. The quantitative estimate of drug-likeness (QED) is 0.476. The third-order valence-corrected chi connectivity index (χ3v) is 3.39. The van der Waals surface area contributed by atoms with Crippen LogP contribution in [0.2, 0.25) is 0 Å². The van der Waals surface area contributed by atoms with Crippen molar-refractivity contribution >= 4 is 33.7 Å². The SMILES string of the molecule is C1=Cc2c3ccccc3cc3cccc1c23.CO.CO. The molecule has 0 fully saturated rings. The van der Waals surface area contributed by atoms with E-state index >= 15 is 0 Å². The van der Waals surface area contributed by atoms with Gasteiger partial charge in [-0.15, -0.1) is 0 Å². The van der Waals surface area contributed by atoms with E-state index in [1.807, 2.05) is 0 Å². The first-order chi connectivity index (χ1) is 9.93. The lowest BCUT2D eigenvalue weighted by Crippen LogP contribution is -1.81. The average Bonchev–Trinajstić information content (AvgIpc) is 2.98. The molecule has 0 spiro atoms. The Hall–Kier alpha value is -2.16. The minimum absolute atomic E-state index is 1.00. The van der Waals surface area contributed by atoms with Gasteiger partial charge in [0.05, 0.1) is 0 Å². The third-order valence-electron chi connectivity index (χ3n) is 3.39. The summed E-state index contributed by atoms with van der Waals surface area (Å²) in [6.45, 7) is 0. The van der Waals surface area contributed by atoms with Crippen molar-refractivity contribution < 1.29 is 10.2 Å². The Kier molecular flexibility index (Phi) is 4.51. The standard InChI is InChI=1S/C16H10.2CH4O/c1-2-7-14-12(4-1)10-13-6-3-5-11-8-9-15(14)16(11)13;2*1-2/h1-10H;2*2H,1H3. The number of hydrogen-bond donors (Lipinski definition) is 2. The highest BCUT2D eigenvalue weighted by Gasteiger charge is 2.11. The van der Waals surface area contributed by atoms with Gasteiger partial charge in [-0.1, -0.05) is 54.6 Å². The van der Waals surface area contributed by atoms with Crippen LogP contribution in [0.15, 0.2) is 48.5 Å². The van der Waals surface area contributed by atoms with E-state index in [2.05, 4.69) is 60.7 Å². The molecule has 2 nitrogen and oxygen atoms in total. The predicted octanol–water partition coefficient (Wildman–Crippen LogP) is 3.69. The van der Waals surface area contributed by atoms with Crippen LogP contribution in [0.25, 0.3) is 33.7 Å². The highest BCUT2D eigenvalue weighted by atomic mass is 16.2. The summed E-state index contributed by atoms with van der Waals surface area (Å²) in [6.07, 6.45) is 4.45. The van der Waals surface area contributed by atoms with E-state index in [-0.39, 0.29) is 0 Å². The Balaban J connectivity index is 0.000000340. The van der Waals surface area contributed by atoms with Crippen LogP contribution in [-0.2, 0) is 0 Å². The second-order valence-corrected chi connectivity index (χ2v) is 4.29. The van der Waals surface area contributed by atoms with Gasteiger partial charge in [-0.3, -0.25) is 0 Å². The fourth-order valence-electron chi connectivity index (χ4n) is 2.68. The third kappa shape index (κ3) is 2.20. The lowest BCUT2D eigenvalue weighted by Gasteiger charge is -2.06. The van der Waals surface area contributed by atoms with Crippen molar-refractivity contribution in [2.45, 2.75) is 0 Å². The van der Waals surface area contributed by atoms with Gasteiger partial charge < -0.3 is 10.2 Å². The molecule has 1 aliphatic rings. The van der Waals surface area contributed by atoms with E-state index < -0.39 is 0 Å². The van der Waals surface area contributed by atoms with Crippen molar-refractivity contribution in [3.8, 4) is 0 Å². The van der Waals surface area contributed by atoms with Crippen LogP contribution in [0.1, 0.15) is 11.1 Å². The van der Waals surface area contributed by atoms with Gasteiger partial charge in [-0.05, 0) is 38.7 Å². The van der Waals surface area contributed by atoms with Gasteiger partial charge in [-0.2, -0.15) is 0 Å².